The topological polar surface area (TPSA) is 41.1 Å². The predicted molar refractivity (Wildman–Crippen MR) is 85.3 cm³/mol. The van der Waals surface area contributed by atoms with Crippen molar-refractivity contribution < 1.29 is 4.79 Å². The molecule has 1 amide bonds. The molecule has 1 heterocycles. The van der Waals surface area contributed by atoms with Crippen LogP contribution in [0.15, 0.2) is 24.3 Å². The van der Waals surface area contributed by atoms with E-state index in [-0.39, 0.29) is 17.2 Å². The van der Waals surface area contributed by atoms with Crippen molar-refractivity contribution in [1.29, 1.82) is 0 Å². The summed E-state index contributed by atoms with van der Waals surface area (Å²) in [6.07, 6.45) is 5.52. The molecule has 3 nitrogen and oxygen atoms in total. The Morgan fingerprint density at radius 2 is 2.10 bits per heavy atom. The second kappa shape index (κ2) is 6.18. The SMILES string of the molecule is CC1(CNC(=O)C2CCCc3ccccc32)CCNCC1. The smallest absolute Gasteiger partial charge is 0.227 e. The van der Waals surface area contributed by atoms with Gasteiger partial charge in [0, 0.05) is 6.54 Å². The van der Waals surface area contributed by atoms with Crippen LogP contribution in [0.2, 0.25) is 0 Å². The molecule has 1 aromatic carbocycles. The highest BCUT2D eigenvalue weighted by atomic mass is 16.1. The number of piperidine rings is 1. The van der Waals surface area contributed by atoms with Gasteiger partial charge in [0.25, 0.3) is 0 Å². The molecule has 0 spiro atoms. The second-order valence-corrected chi connectivity index (χ2v) is 6.92. The fraction of sp³-hybridized carbons (Fsp3) is 0.611. The van der Waals surface area contributed by atoms with Crippen LogP contribution in [0.4, 0.5) is 0 Å². The monoisotopic (exact) mass is 286 g/mol. The number of fused-ring (bicyclic) bond motifs is 1. The second-order valence-electron chi connectivity index (χ2n) is 6.92. The summed E-state index contributed by atoms with van der Waals surface area (Å²) in [5.74, 6) is 0.280. The molecule has 1 unspecified atom stereocenters. The lowest BCUT2D eigenvalue weighted by Gasteiger charge is -2.35. The van der Waals surface area contributed by atoms with Crippen LogP contribution in [-0.4, -0.2) is 25.5 Å². The first-order chi connectivity index (χ1) is 10.2. The summed E-state index contributed by atoms with van der Waals surface area (Å²) in [7, 11) is 0. The van der Waals surface area contributed by atoms with Crippen LogP contribution in [0.3, 0.4) is 0 Å². The third kappa shape index (κ3) is 3.29. The van der Waals surface area contributed by atoms with Crippen molar-refractivity contribution in [1.82, 2.24) is 10.6 Å². The molecule has 2 N–H and O–H groups in total. The Kier molecular flexibility index (Phi) is 4.29. The standard InChI is InChI=1S/C18H26N2O/c1-18(9-11-19-12-10-18)13-20-17(21)16-8-4-6-14-5-2-3-7-15(14)16/h2-3,5,7,16,19H,4,6,8-13H2,1H3,(H,20,21). The first-order valence-corrected chi connectivity index (χ1v) is 8.24. The minimum Gasteiger partial charge on any atom is -0.355 e. The van der Waals surface area contributed by atoms with Gasteiger partial charge in [0.1, 0.15) is 0 Å². The number of nitrogens with one attached hydrogen (secondary N) is 2. The summed E-state index contributed by atoms with van der Waals surface area (Å²) in [6.45, 7) is 5.24. The summed E-state index contributed by atoms with van der Waals surface area (Å²) in [4.78, 5) is 12.6. The van der Waals surface area contributed by atoms with E-state index in [0.29, 0.717) is 0 Å². The summed E-state index contributed by atoms with van der Waals surface area (Å²) in [6, 6.07) is 8.43. The minimum atomic E-state index is 0.0558. The zero-order chi connectivity index (χ0) is 14.7. The highest BCUT2D eigenvalue weighted by Gasteiger charge is 2.30. The fourth-order valence-corrected chi connectivity index (χ4v) is 3.66. The molecule has 2 aliphatic rings. The van der Waals surface area contributed by atoms with Gasteiger partial charge in [-0.05, 0) is 61.7 Å². The lowest BCUT2D eigenvalue weighted by atomic mass is 9.80. The molecule has 114 valence electrons. The Balaban J connectivity index is 1.64. The number of carbonyl (C=O) groups is 1. The Hall–Kier alpha value is -1.35. The molecule has 0 bridgehead atoms. The van der Waals surface area contributed by atoms with Crippen molar-refractivity contribution in [3.8, 4) is 0 Å². The van der Waals surface area contributed by atoms with Gasteiger partial charge in [-0.2, -0.15) is 0 Å². The van der Waals surface area contributed by atoms with E-state index in [2.05, 4.69) is 41.8 Å². The number of amides is 1. The molecule has 1 atom stereocenters. The molecule has 0 aromatic heterocycles. The van der Waals surface area contributed by atoms with Crippen molar-refractivity contribution in [2.75, 3.05) is 19.6 Å². The quantitative estimate of drug-likeness (QED) is 0.897. The van der Waals surface area contributed by atoms with E-state index in [9.17, 15) is 4.79 Å². The van der Waals surface area contributed by atoms with Gasteiger partial charge in [0.15, 0.2) is 0 Å². The van der Waals surface area contributed by atoms with E-state index >= 15 is 0 Å². The maximum atomic E-state index is 12.6. The summed E-state index contributed by atoms with van der Waals surface area (Å²) < 4.78 is 0. The van der Waals surface area contributed by atoms with E-state index in [1.54, 1.807) is 0 Å². The van der Waals surface area contributed by atoms with Crippen molar-refractivity contribution >= 4 is 5.91 Å². The third-order valence-corrected chi connectivity index (χ3v) is 5.19. The van der Waals surface area contributed by atoms with Crippen molar-refractivity contribution in [2.45, 2.75) is 44.9 Å². The van der Waals surface area contributed by atoms with Crippen LogP contribution in [0.1, 0.15) is 49.7 Å². The van der Waals surface area contributed by atoms with Crippen LogP contribution in [0, 0.1) is 5.41 Å². The summed E-state index contributed by atoms with van der Waals surface area (Å²) >= 11 is 0. The highest BCUT2D eigenvalue weighted by Crippen LogP contribution is 2.32. The first-order valence-electron chi connectivity index (χ1n) is 8.24. The lowest BCUT2D eigenvalue weighted by molar-refractivity contribution is -0.123. The van der Waals surface area contributed by atoms with Crippen LogP contribution >= 0.6 is 0 Å². The first kappa shape index (κ1) is 14.6. The van der Waals surface area contributed by atoms with Gasteiger partial charge in [0.05, 0.1) is 5.92 Å². The van der Waals surface area contributed by atoms with E-state index in [4.69, 9.17) is 0 Å². The van der Waals surface area contributed by atoms with Gasteiger partial charge in [-0.15, -0.1) is 0 Å². The van der Waals surface area contributed by atoms with Crippen LogP contribution in [0.25, 0.3) is 0 Å². The number of hydrogen-bond acceptors (Lipinski definition) is 2. The van der Waals surface area contributed by atoms with E-state index in [1.807, 2.05) is 0 Å². The molecular weight excluding hydrogens is 260 g/mol. The molecule has 0 radical (unpaired) electrons. The largest absolute Gasteiger partial charge is 0.355 e. The number of carbonyl (C=O) groups excluding carboxylic acids is 1. The van der Waals surface area contributed by atoms with Crippen LogP contribution < -0.4 is 10.6 Å². The van der Waals surface area contributed by atoms with Crippen LogP contribution in [0.5, 0.6) is 0 Å². The fourth-order valence-electron chi connectivity index (χ4n) is 3.66. The van der Waals surface area contributed by atoms with Crippen molar-refractivity contribution in [2.24, 2.45) is 5.41 Å². The lowest BCUT2D eigenvalue weighted by Crippen LogP contribution is -2.44. The maximum Gasteiger partial charge on any atom is 0.227 e. The average Bonchev–Trinajstić information content (AvgIpc) is 2.53. The maximum absolute atomic E-state index is 12.6. The summed E-state index contributed by atoms with van der Waals surface area (Å²) in [5, 5.41) is 6.63. The third-order valence-electron chi connectivity index (χ3n) is 5.19. The number of hydrogen-bond donors (Lipinski definition) is 2. The Morgan fingerprint density at radius 3 is 2.90 bits per heavy atom. The predicted octanol–water partition coefficient (Wildman–Crippen LogP) is 2.61. The van der Waals surface area contributed by atoms with E-state index < -0.39 is 0 Å². The number of aryl methyl sites for hydroxylation is 1. The van der Waals surface area contributed by atoms with Gasteiger partial charge >= 0.3 is 0 Å². The summed E-state index contributed by atoms with van der Waals surface area (Å²) in [5.41, 5.74) is 2.86. The zero-order valence-corrected chi connectivity index (χ0v) is 13.0. The highest BCUT2D eigenvalue weighted by molar-refractivity contribution is 5.84. The van der Waals surface area contributed by atoms with Gasteiger partial charge in [-0.1, -0.05) is 31.2 Å². The van der Waals surface area contributed by atoms with Gasteiger partial charge in [0.2, 0.25) is 5.91 Å². The van der Waals surface area contributed by atoms with E-state index in [1.165, 1.54) is 11.1 Å². The average molecular weight is 286 g/mol. The Bertz CT molecular complexity index is 506. The molecule has 1 saturated heterocycles. The molecule has 1 aliphatic carbocycles. The van der Waals surface area contributed by atoms with Gasteiger partial charge < -0.3 is 10.6 Å². The number of rotatable bonds is 3. The Labute approximate surface area is 127 Å². The van der Waals surface area contributed by atoms with Crippen LogP contribution in [-0.2, 0) is 11.2 Å². The van der Waals surface area contributed by atoms with Gasteiger partial charge in [-0.3, -0.25) is 4.79 Å². The molecule has 3 heteroatoms. The molecule has 1 aromatic rings. The molecule has 1 aliphatic heterocycles. The molecule has 1 fully saturated rings. The van der Waals surface area contributed by atoms with Crippen molar-refractivity contribution in [3.05, 3.63) is 35.4 Å². The van der Waals surface area contributed by atoms with Gasteiger partial charge in [-0.25, -0.2) is 0 Å². The zero-order valence-electron chi connectivity index (χ0n) is 13.0. The molecular formula is C18H26N2O. The molecule has 0 saturated carbocycles. The normalized spacial score (nSPS) is 24.1. The van der Waals surface area contributed by atoms with E-state index in [0.717, 1.165) is 51.7 Å². The Morgan fingerprint density at radius 1 is 1.33 bits per heavy atom. The molecule has 21 heavy (non-hydrogen) atoms. The number of benzene rings is 1. The molecule has 3 rings (SSSR count). The van der Waals surface area contributed by atoms with Crippen molar-refractivity contribution in [3.63, 3.8) is 0 Å². The minimum absolute atomic E-state index is 0.0558.